The van der Waals surface area contributed by atoms with Crippen LogP contribution in [0.15, 0.2) is 60.9 Å². The zero-order valence-corrected chi connectivity index (χ0v) is 10.7. The van der Waals surface area contributed by atoms with Gasteiger partial charge >= 0.3 is 0 Å². The number of hydrogen-bond donors (Lipinski definition) is 1. The number of nitrogens with one attached hydrogen (secondary N) is 1. The summed E-state index contributed by atoms with van der Waals surface area (Å²) in [7, 11) is 0. The summed E-state index contributed by atoms with van der Waals surface area (Å²) in [6, 6.07) is 16.5. The second-order valence-electron chi connectivity index (χ2n) is 4.54. The van der Waals surface area contributed by atoms with Crippen LogP contribution < -0.4 is 5.32 Å². The zero-order valence-electron chi connectivity index (χ0n) is 10.7. The fourth-order valence-electron chi connectivity index (χ4n) is 2.11. The van der Waals surface area contributed by atoms with E-state index >= 15 is 0 Å². The maximum atomic E-state index is 4.40. The molecule has 19 heavy (non-hydrogen) atoms. The highest BCUT2D eigenvalue weighted by Gasteiger charge is 2.05. The van der Waals surface area contributed by atoms with Crippen molar-refractivity contribution in [3.8, 4) is 0 Å². The molecule has 3 nitrogen and oxygen atoms in total. The molecule has 0 aliphatic heterocycles. The lowest BCUT2D eigenvalue weighted by molar-refractivity contribution is 0.884. The average Bonchev–Trinajstić information content (AvgIpc) is 2.48. The number of aromatic nitrogens is 2. The highest BCUT2D eigenvalue weighted by molar-refractivity contribution is 5.77. The van der Waals surface area contributed by atoms with Gasteiger partial charge in [-0.3, -0.25) is 9.97 Å². The molecule has 0 fully saturated rings. The largest absolute Gasteiger partial charge is 0.377 e. The predicted octanol–water partition coefficient (Wildman–Crippen LogP) is 3.80. The van der Waals surface area contributed by atoms with E-state index in [9.17, 15) is 0 Å². The van der Waals surface area contributed by atoms with E-state index in [0.717, 1.165) is 16.7 Å². The quantitative estimate of drug-likeness (QED) is 0.767. The number of rotatable bonds is 3. The van der Waals surface area contributed by atoms with Gasteiger partial charge in [-0.15, -0.1) is 0 Å². The van der Waals surface area contributed by atoms with Gasteiger partial charge in [0.2, 0.25) is 0 Å². The molecule has 1 atom stereocenters. The van der Waals surface area contributed by atoms with E-state index in [2.05, 4.69) is 34.3 Å². The Hall–Kier alpha value is -2.42. The molecule has 1 unspecified atom stereocenters. The van der Waals surface area contributed by atoms with Gasteiger partial charge in [0.1, 0.15) is 0 Å². The van der Waals surface area contributed by atoms with E-state index in [1.807, 2.05) is 42.6 Å². The Morgan fingerprint density at radius 2 is 1.79 bits per heavy atom. The summed E-state index contributed by atoms with van der Waals surface area (Å²) in [5, 5.41) is 3.45. The lowest BCUT2D eigenvalue weighted by Gasteiger charge is -2.15. The normalized spacial score (nSPS) is 12.3. The number of hydrogen-bond acceptors (Lipinski definition) is 3. The molecular weight excluding hydrogens is 234 g/mol. The van der Waals surface area contributed by atoms with Crippen LogP contribution in [0, 0.1) is 0 Å². The summed E-state index contributed by atoms with van der Waals surface area (Å²) in [4.78, 5) is 8.72. The van der Waals surface area contributed by atoms with Crippen molar-refractivity contribution in [3.63, 3.8) is 0 Å². The van der Waals surface area contributed by atoms with Crippen LogP contribution in [0.3, 0.4) is 0 Å². The van der Waals surface area contributed by atoms with Crippen LogP contribution in [0.25, 0.3) is 11.0 Å². The maximum absolute atomic E-state index is 4.40. The van der Waals surface area contributed by atoms with Crippen LogP contribution >= 0.6 is 0 Å². The van der Waals surface area contributed by atoms with E-state index in [-0.39, 0.29) is 6.04 Å². The van der Waals surface area contributed by atoms with Gasteiger partial charge in [0.05, 0.1) is 22.9 Å². The molecule has 0 bridgehead atoms. The van der Waals surface area contributed by atoms with Crippen LogP contribution in [0.1, 0.15) is 18.5 Å². The molecule has 3 rings (SSSR count). The maximum Gasteiger partial charge on any atom is 0.0907 e. The first-order valence-electron chi connectivity index (χ1n) is 6.35. The molecule has 1 aromatic carbocycles. The lowest BCUT2D eigenvalue weighted by Crippen LogP contribution is -2.06. The Balaban J connectivity index is 1.85. The Kier molecular flexibility index (Phi) is 3.11. The first kappa shape index (κ1) is 11.7. The first-order valence-corrected chi connectivity index (χ1v) is 6.35. The Morgan fingerprint density at radius 3 is 2.63 bits per heavy atom. The number of anilines is 1. The van der Waals surface area contributed by atoms with Crippen LogP contribution in [0.4, 0.5) is 5.69 Å². The smallest absolute Gasteiger partial charge is 0.0907 e. The van der Waals surface area contributed by atoms with Crippen LogP contribution in [0.5, 0.6) is 0 Å². The lowest BCUT2D eigenvalue weighted by atomic mass is 10.1. The number of benzene rings is 1. The highest BCUT2D eigenvalue weighted by Crippen LogP contribution is 2.20. The Labute approximate surface area is 112 Å². The van der Waals surface area contributed by atoms with E-state index in [0.29, 0.717) is 0 Å². The molecule has 0 saturated heterocycles. The van der Waals surface area contributed by atoms with Crippen molar-refractivity contribution in [2.75, 3.05) is 5.32 Å². The van der Waals surface area contributed by atoms with Crippen molar-refractivity contribution in [3.05, 3.63) is 66.5 Å². The number of fused-ring (bicyclic) bond motifs is 1. The molecular formula is C16H15N3. The second kappa shape index (κ2) is 5.06. The molecule has 0 saturated carbocycles. The van der Waals surface area contributed by atoms with Crippen LogP contribution in [-0.4, -0.2) is 9.97 Å². The Morgan fingerprint density at radius 1 is 0.947 bits per heavy atom. The molecule has 0 amide bonds. The van der Waals surface area contributed by atoms with Gasteiger partial charge < -0.3 is 5.32 Å². The third-order valence-corrected chi connectivity index (χ3v) is 3.13. The topological polar surface area (TPSA) is 37.8 Å². The van der Waals surface area contributed by atoms with Crippen molar-refractivity contribution in [1.82, 2.24) is 9.97 Å². The van der Waals surface area contributed by atoms with Crippen LogP contribution in [-0.2, 0) is 0 Å². The van der Waals surface area contributed by atoms with Crippen LogP contribution in [0.2, 0.25) is 0 Å². The predicted molar refractivity (Wildman–Crippen MR) is 78.0 cm³/mol. The van der Waals surface area contributed by atoms with Crippen molar-refractivity contribution in [2.45, 2.75) is 13.0 Å². The molecule has 3 aromatic rings. The van der Waals surface area contributed by atoms with Gasteiger partial charge in [-0.05, 0) is 30.7 Å². The van der Waals surface area contributed by atoms with Gasteiger partial charge in [-0.25, -0.2) is 0 Å². The minimum Gasteiger partial charge on any atom is -0.377 e. The summed E-state index contributed by atoms with van der Waals surface area (Å²) >= 11 is 0. The molecule has 2 aromatic heterocycles. The molecule has 0 aliphatic carbocycles. The first-order chi connectivity index (χ1) is 9.33. The summed E-state index contributed by atoms with van der Waals surface area (Å²) in [6.45, 7) is 2.14. The SMILES string of the molecule is CC(Nc1cnc2cccnc2c1)c1ccccc1. The molecule has 0 radical (unpaired) electrons. The molecule has 94 valence electrons. The van der Waals surface area contributed by atoms with Gasteiger partial charge in [0, 0.05) is 12.2 Å². The minimum absolute atomic E-state index is 0.240. The fourth-order valence-corrected chi connectivity index (χ4v) is 2.11. The summed E-state index contributed by atoms with van der Waals surface area (Å²) in [5.41, 5.74) is 4.07. The van der Waals surface area contributed by atoms with E-state index in [1.165, 1.54) is 5.56 Å². The fraction of sp³-hybridized carbons (Fsp3) is 0.125. The number of pyridine rings is 2. The third kappa shape index (κ3) is 2.55. The van der Waals surface area contributed by atoms with Gasteiger partial charge in [0.25, 0.3) is 0 Å². The van der Waals surface area contributed by atoms with Crippen molar-refractivity contribution in [1.29, 1.82) is 0 Å². The molecule has 3 heteroatoms. The van der Waals surface area contributed by atoms with Gasteiger partial charge in [0.15, 0.2) is 0 Å². The summed E-state index contributed by atoms with van der Waals surface area (Å²) in [5.74, 6) is 0. The van der Waals surface area contributed by atoms with Crippen molar-refractivity contribution >= 4 is 16.7 Å². The molecule has 0 aliphatic rings. The summed E-state index contributed by atoms with van der Waals surface area (Å²) < 4.78 is 0. The minimum atomic E-state index is 0.240. The molecule has 2 heterocycles. The van der Waals surface area contributed by atoms with Crippen molar-refractivity contribution < 1.29 is 0 Å². The van der Waals surface area contributed by atoms with Gasteiger partial charge in [-0.2, -0.15) is 0 Å². The van der Waals surface area contributed by atoms with E-state index in [4.69, 9.17) is 0 Å². The number of nitrogens with zero attached hydrogens (tertiary/aromatic N) is 2. The second-order valence-corrected chi connectivity index (χ2v) is 4.54. The standard InChI is InChI=1S/C16H15N3/c1-12(13-6-3-2-4-7-13)19-14-10-16-15(18-11-14)8-5-9-17-16/h2-12,19H,1H3. The van der Waals surface area contributed by atoms with Gasteiger partial charge in [-0.1, -0.05) is 30.3 Å². The van der Waals surface area contributed by atoms with Crippen molar-refractivity contribution in [2.24, 2.45) is 0 Å². The Bertz CT molecular complexity index is 680. The summed E-state index contributed by atoms with van der Waals surface area (Å²) in [6.07, 6.45) is 3.64. The average molecular weight is 249 g/mol. The van der Waals surface area contributed by atoms with E-state index in [1.54, 1.807) is 6.20 Å². The monoisotopic (exact) mass is 249 g/mol. The van der Waals surface area contributed by atoms with E-state index < -0.39 is 0 Å². The zero-order chi connectivity index (χ0) is 13.1. The highest BCUT2D eigenvalue weighted by atomic mass is 14.9. The molecule has 0 spiro atoms. The third-order valence-electron chi connectivity index (χ3n) is 3.13. The molecule has 1 N–H and O–H groups in total.